The number of benzene rings is 2. The van der Waals surface area contributed by atoms with Crippen molar-refractivity contribution in [2.75, 3.05) is 5.32 Å². The summed E-state index contributed by atoms with van der Waals surface area (Å²) in [6.07, 6.45) is -0.0753. The molecule has 0 aromatic heterocycles. The number of alkyl carbamates (subject to hydrolysis) is 1. The van der Waals surface area contributed by atoms with Gasteiger partial charge in [0.15, 0.2) is 0 Å². The molecule has 6 heteroatoms. The van der Waals surface area contributed by atoms with Gasteiger partial charge in [-0.05, 0) is 64.8 Å². The predicted molar refractivity (Wildman–Crippen MR) is 111 cm³/mol. The van der Waals surface area contributed by atoms with Crippen LogP contribution in [0.1, 0.15) is 25.8 Å². The number of amides is 2. The summed E-state index contributed by atoms with van der Waals surface area (Å²) in [5, 5.41) is 5.52. The molecule has 0 aliphatic heterocycles. The summed E-state index contributed by atoms with van der Waals surface area (Å²) in [6.45, 7) is 4.17. The topological polar surface area (TPSA) is 67.4 Å². The van der Waals surface area contributed by atoms with E-state index in [4.69, 9.17) is 4.74 Å². The Labute approximate surface area is 167 Å². The lowest BCUT2D eigenvalue weighted by atomic mass is 10.0. The molecule has 0 unspecified atom stereocenters. The SMILES string of the molecule is CC(C)C[C@H](NC(=O)OCc1ccccc1)C(=O)Nc1ccc(I)cc1. The van der Waals surface area contributed by atoms with Gasteiger partial charge in [-0.15, -0.1) is 0 Å². The van der Waals surface area contributed by atoms with Gasteiger partial charge in [-0.3, -0.25) is 4.79 Å². The average Bonchev–Trinajstić information content (AvgIpc) is 2.62. The smallest absolute Gasteiger partial charge is 0.408 e. The second kappa shape index (κ2) is 10.2. The van der Waals surface area contributed by atoms with Gasteiger partial charge >= 0.3 is 6.09 Å². The second-order valence-electron chi connectivity index (χ2n) is 6.38. The van der Waals surface area contributed by atoms with Crippen molar-refractivity contribution in [3.05, 3.63) is 63.7 Å². The number of hydrogen-bond acceptors (Lipinski definition) is 3. The first-order chi connectivity index (χ1) is 12.4. The van der Waals surface area contributed by atoms with Gasteiger partial charge in [0, 0.05) is 9.26 Å². The fourth-order valence-corrected chi connectivity index (χ4v) is 2.73. The third kappa shape index (κ3) is 7.03. The highest BCUT2D eigenvalue weighted by Crippen LogP contribution is 2.13. The molecule has 138 valence electrons. The Kier molecular flexibility index (Phi) is 7.90. The molecule has 0 radical (unpaired) electrons. The molecule has 2 N–H and O–H groups in total. The van der Waals surface area contributed by atoms with Crippen LogP contribution in [-0.2, 0) is 16.1 Å². The summed E-state index contributed by atoms with van der Waals surface area (Å²) >= 11 is 2.20. The monoisotopic (exact) mass is 466 g/mol. The Morgan fingerprint density at radius 2 is 1.69 bits per heavy atom. The van der Waals surface area contributed by atoms with Gasteiger partial charge in [-0.2, -0.15) is 0 Å². The van der Waals surface area contributed by atoms with E-state index in [-0.39, 0.29) is 18.4 Å². The molecule has 1 atom stereocenters. The predicted octanol–water partition coefficient (Wildman–Crippen LogP) is 4.57. The first kappa shape index (κ1) is 20.2. The van der Waals surface area contributed by atoms with Crippen molar-refractivity contribution >= 4 is 40.3 Å². The zero-order valence-corrected chi connectivity index (χ0v) is 17.0. The molecule has 2 aromatic carbocycles. The largest absolute Gasteiger partial charge is 0.445 e. The van der Waals surface area contributed by atoms with E-state index in [1.54, 1.807) is 0 Å². The van der Waals surface area contributed by atoms with Crippen LogP contribution < -0.4 is 10.6 Å². The minimum atomic E-state index is -0.655. The summed E-state index contributed by atoms with van der Waals surface area (Å²) in [5.74, 6) is -0.00605. The molecule has 2 amide bonds. The molecular weight excluding hydrogens is 443 g/mol. The third-order valence-corrected chi connectivity index (χ3v) is 4.36. The molecule has 26 heavy (non-hydrogen) atoms. The third-order valence-electron chi connectivity index (χ3n) is 3.64. The van der Waals surface area contributed by atoms with Crippen LogP contribution in [0.5, 0.6) is 0 Å². The summed E-state index contributed by atoms with van der Waals surface area (Å²) in [5.41, 5.74) is 1.59. The maximum Gasteiger partial charge on any atom is 0.408 e. The molecule has 0 saturated heterocycles. The summed E-state index contributed by atoms with van der Waals surface area (Å²) in [6, 6.07) is 16.3. The van der Waals surface area contributed by atoms with Gasteiger partial charge in [-0.25, -0.2) is 4.79 Å². The zero-order chi connectivity index (χ0) is 18.9. The van der Waals surface area contributed by atoms with Crippen LogP contribution in [0.2, 0.25) is 0 Å². The fraction of sp³-hybridized carbons (Fsp3) is 0.300. The molecule has 0 saturated carbocycles. The van der Waals surface area contributed by atoms with Crippen LogP contribution in [0.25, 0.3) is 0 Å². The maximum atomic E-state index is 12.6. The normalized spacial score (nSPS) is 11.7. The fourth-order valence-electron chi connectivity index (χ4n) is 2.37. The Morgan fingerprint density at radius 1 is 1.04 bits per heavy atom. The van der Waals surface area contributed by atoms with Crippen molar-refractivity contribution in [2.24, 2.45) is 5.92 Å². The molecular formula is C20H23IN2O3. The summed E-state index contributed by atoms with van der Waals surface area (Å²) < 4.78 is 6.31. The van der Waals surface area contributed by atoms with Gasteiger partial charge in [-0.1, -0.05) is 44.2 Å². The number of anilines is 1. The number of carbonyl (C=O) groups excluding carboxylic acids is 2. The van der Waals surface area contributed by atoms with Crippen molar-refractivity contribution in [1.82, 2.24) is 5.32 Å². The van der Waals surface area contributed by atoms with E-state index >= 15 is 0 Å². The number of hydrogen-bond donors (Lipinski definition) is 2. The minimum absolute atomic E-state index is 0.166. The lowest BCUT2D eigenvalue weighted by molar-refractivity contribution is -0.118. The van der Waals surface area contributed by atoms with Crippen molar-refractivity contribution in [2.45, 2.75) is 32.9 Å². The first-order valence-corrected chi connectivity index (χ1v) is 9.55. The maximum absolute atomic E-state index is 12.6. The van der Waals surface area contributed by atoms with E-state index in [2.05, 4.69) is 33.2 Å². The Hall–Kier alpha value is -2.09. The number of carbonyl (C=O) groups is 2. The van der Waals surface area contributed by atoms with E-state index < -0.39 is 12.1 Å². The van der Waals surface area contributed by atoms with Gasteiger partial charge in [0.1, 0.15) is 12.6 Å². The first-order valence-electron chi connectivity index (χ1n) is 8.47. The molecule has 0 aliphatic rings. The van der Waals surface area contributed by atoms with Crippen LogP contribution in [0.3, 0.4) is 0 Å². The highest BCUT2D eigenvalue weighted by Gasteiger charge is 2.22. The van der Waals surface area contributed by atoms with E-state index in [9.17, 15) is 9.59 Å². The highest BCUT2D eigenvalue weighted by atomic mass is 127. The number of rotatable bonds is 7. The molecule has 0 aliphatic carbocycles. The molecule has 5 nitrogen and oxygen atoms in total. The number of nitrogens with one attached hydrogen (secondary N) is 2. The van der Waals surface area contributed by atoms with Gasteiger partial charge in [0.25, 0.3) is 0 Å². The lowest BCUT2D eigenvalue weighted by Gasteiger charge is -2.20. The van der Waals surface area contributed by atoms with E-state index in [0.717, 1.165) is 9.13 Å². The van der Waals surface area contributed by atoms with Crippen LogP contribution in [0, 0.1) is 9.49 Å². The van der Waals surface area contributed by atoms with Gasteiger partial charge in [0.2, 0.25) is 5.91 Å². The van der Waals surface area contributed by atoms with Crippen LogP contribution in [0.4, 0.5) is 10.5 Å². The molecule has 0 spiro atoms. The lowest BCUT2D eigenvalue weighted by Crippen LogP contribution is -2.44. The average molecular weight is 466 g/mol. The standard InChI is InChI=1S/C20H23IN2O3/c1-14(2)12-18(19(24)22-17-10-8-16(21)9-11-17)23-20(25)26-13-15-6-4-3-5-7-15/h3-11,14,18H,12-13H2,1-2H3,(H,22,24)(H,23,25)/t18-/m0/s1. The quantitative estimate of drug-likeness (QED) is 0.588. The Balaban J connectivity index is 1.93. The van der Waals surface area contributed by atoms with Crippen LogP contribution in [-0.4, -0.2) is 18.0 Å². The van der Waals surface area contributed by atoms with Crippen molar-refractivity contribution in [1.29, 1.82) is 0 Å². The van der Waals surface area contributed by atoms with Gasteiger partial charge in [0.05, 0.1) is 0 Å². The molecule has 2 aromatic rings. The second-order valence-corrected chi connectivity index (χ2v) is 7.63. The molecule has 0 fully saturated rings. The van der Waals surface area contributed by atoms with Gasteiger partial charge < -0.3 is 15.4 Å². The summed E-state index contributed by atoms with van der Waals surface area (Å²) in [7, 11) is 0. The molecule has 0 heterocycles. The van der Waals surface area contributed by atoms with E-state index in [0.29, 0.717) is 12.1 Å². The van der Waals surface area contributed by atoms with E-state index in [1.807, 2.05) is 68.4 Å². The van der Waals surface area contributed by atoms with Crippen LogP contribution in [0.15, 0.2) is 54.6 Å². The zero-order valence-electron chi connectivity index (χ0n) is 14.9. The summed E-state index contributed by atoms with van der Waals surface area (Å²) in [4.78, 5) is 24.7. The number of halogens is 1. The van der Waals surface area contributed by atoms with Crippen molar-refractivity contribution < 1.29 is 14.3 Å². The Bertz CT molecular complexity index is 718. The number of ether oxygens (including phenoxy) is 1. The van der Waals surface area contributed by atoms with Crippen LogP contribution >= 0.6 is 22.6 Å². The molecule has 2 rings (SSSR count). The Morgan fingerprint density at radius 3 is 2.31 bits per heavy atom. The van der Waals surface area contributed by atoms with Crippen molar-refractivity contribution in [3.63, 3.8) is 0 Å². The highest BCUT2D eigenvalue weighted by molar-refractivity contribution is 14.1. The van der Waals surface area contributed by atoms with E-state index in [1.165, 1.54) is 0 Å². The van der Waals surface area contributed by atoms with Crippen molar-refractivity contribution in [3.8, 4) is 0 Å². The molecule has 0 bridgehead atoms. The minimum Gasteiger partial charge on any atom is -0.445 e.